The van der Waals surface area contributed by atoms with Gasteiger partial charge in [0.2, 0.25) is 0 Å². The first-order valence-electron chi connectivity index (χ1n) is 3.92. The van der Waals surface area contributed by atoms with Gasteiger partial charge in [-0.15, -0.1) is 0 Å². The smallest absolute Gasteiger partial charge is 0.156 e. The Hall–Kier alpha value is -0.900. The maximum atomic E-state index is 4.22. The molecule has 0 N–H and O–H groups in total. The average Bonchev–Trinajstić information content (AvgIpc) is 2.02. The van der Waals surface area contributed by atoms with E-state index in [-0.39, 0.29) is 0 Å². The fourth-order valence-electron chi connectivity index (χ4n) is 0.839. The van der Waals surface area contributed by atoms with Crippen LogP contribution in [0.1, 0.15) is 5.56 Å². The fraction of sp³-hybridized carbons (Fsp3) is 0.333. The summed E-state index contributed by atoms with van der Waals surface area (Å²) >= 11 is 3.35. The molecule has 0 amide bonds. The van der Waals surface area contributed by atoms with Crippen molar-refractivity contribution in [3.8, 4) is 0 Å². The van der Waals surface area contributed by atoms with E-state index in [9.17, 15) is 0 Å². The monoisotopic (exact) mass is 241 g/mol. The molecule has 0 bridgehead atoms. The molecule has 0 aliphatic heterocycles. The summed E-state index contributed by atoms with van der Waals surface area (Å²) in [6, 6.07) is 2.00. The number of hydrogen-bond donors (Lipinski definition) is 0. The van der Waals surface area contributed by atoms with Crippen molar-refractivity contribution in [2.45, 2.75) is 6.92 Å². The predicted octanol–water partition coefficient (Wildman–Crippen LogP) is 2.37. The van der Waals surface area contributed by atoms with E-state index in [1.54, 1.807) is 12.5 Å². The lowest BCUT2D eigenvalue weighted by Gasteiger charge is -2.03. The van der Waals surface area contributed by atoms with Gasteiger partial charge >= 0.3 is 0 Å². The van der Waals surface area contributed by atoms with Crippen LogP contribution in [0.2, 0.25) is 0 Å². The number of aliphatic imine (C=N–C) groups is 1. The molecule has 0 fully saturated rings. The molecule has 70 valence electrons. The van der Waals surface area contributed by atoms with E-state index in [4.69, 9.17) is 0 Å². The number of halogens is 1. The highest BCUT2D eigenvalue weighted by Gasteiger charge is 1.97. The third-order valence-corrected chi connectivity index (χ3v) is 1.86. The Morgan fingerprint density at radius 2 is 2.23 bits per heavy atom. The maximum absolute atomic E-state index is 4.22. The molecule has 4 heteroatoms. The van der Waals surface area contributed by atoms with Crippen LogP contribution in [0.15, 0.2) is 21.7 Å². The lowest BCUT2D eigenvalue weighted by Crippen LogP contribution is -2.07. The van der Waals surface area contributed by atoms with Crippen molar-refractivity contribution in [3.63, 3.8) is 0 Å². The Labute approximate surface area is 86.6 Å². The van der Waals surface area contributed by atoms with Gasteiger partial charge in [0.05, 0.1) is 6.34 Å². The molecule has 3 nitrogen and oxygen atoms in total. The average molecular weight is 242 g/mol. The van der Waals surface area contributed by atoms with Crippen molar-refractivity contribution in [1.29, 1.82) is 0 Å². The molecule has 13 heavy (non-hydrogen) atoms. The van der Waals surface area contributed by atoms with Gasteiger partial charge < -0.3 is 4.90 Å². The van der Waals surface area contributed by atoms with Gasteiger partial charge in [-0.2, -0.15) is 0 Å². The summed E-state index contributed by atoms with van der Waals surface area (Å²) in [5, 5.41) is 0. The Bertz CT molecular complexity index is 321. The van der Waals surface area contributed by atoms with Crippen LogP contribution in [0, 0.1) is 6.92 Å². The van der Waals surface area contributed by atoms with Gasteiger partial charge in [-0.25, -0.2) is 9.98 Å². The summed E-state index contributed by atoms with van der Waals surface area (Å²) in [5.41, 5.74) is 1.06. The highest BCUT2D eigenvalue weighted by Crippen LogP contribution is 2.18. The second kappa shape index (κ2) is 4.37. The van der Waals surface area contributed by atoms with E-state index in [1.807, 2.05) is 32.0 Å². The van der Waals surface area contributed by atoms with Crippen molar-refractivity contribution in [2.24, 2.45) is 4.99 Å². The summed E-state index contributed by atoms with van der Waals surface area (Å²) in [6.07, 6.45) is 3.48. The summed E-state index contributed by atoms with van der Waals surface area (Å²) in [6.45, 7) is 1.99. The summed E-state index contributed by atoms with van der Waals surface area (Å²) < 4.78 is 0.980. The zero-order valence-electron chi connectivity index (χ0n) is 7.95. The molecule has 0 aliphatic rings. The Morgan fingerprint density at radius 1 is 1.54 bits per heavy atom. The first-order chi connectivity index (χ1) is 6.09. The van der Waals surface area contributed by atoms with Crippen LogP contribution in [0.4, 0.5) is 5.82 Å². The Balaban J connectivity index is 2.90. The van der Waals surface area contributed by atoms with Gasteiger partial charge in [0, 0.05) is 24.8 Å². The minimum atomic E-state index is 0.761. The molecule has 1 aromatic rings. The first kappa shape index (κ1) is 10.2. The number of aromatic nitrogens is 1. The number of rotatable bonds is 2. The number of hydrogen-bond acceptors (Lipinski definition) is 2. The second-order valence-corrected chi connectivity index (χ2v) is 3.92. The Morgan fingerprint density at radius 3 is 2.77 bits per heavy atom. The highest BCUT2D eigenvalue weighted by molar-refractivity contribution is 9.10. The van der Waals surface area contributed by atoms with Crippen LogP contribution in [0.5, 0.6) is 0 Å². The second-order valence-electron chi connectivity index (χ2n) is 3.00. The molecule has 0 unspecified atom stereocenters. The molecule has 0 spiro atoms. The summed E-state index contributed by atoms with van der Waals surface area (Å²) in [4.78, 5) is 10.3. The van der Waals surface area contributed by atoms with Gasteiger partial charge in [-0.05, 0) is 34.5 Å². The quantitative estimate of drug-likeness (QED) is 0.588. The molecule has 0 atom stereocenters. The zero-order chi connectivity index (χ0) is 9.84. The van der Waals surface area contributed by atoms with Gasteiger partial charge in [0.1, 0.15) is 0 Å². The van der Waals surface area contributed by atoms with Crippen LogP contribution >= 0.6 is 15.9 Å². The maximum Gasteiger partial charge on any atom is 0.156 e. The number of aryl methyl sites for hydroxylation is 1. The van der Waals surface area contributed by atoms with Crippen LogP contribution < -0.4 is 0 Å². The topological polar surface area (TPSA) is 28.5 Å². The third kappa shape index (κ3) is 3.14. The molecule has 0 aromatic carbocycles. The third-order valence-electron chi connectivity index (χ3n) is 1.43. The first-order valence-corrected chi connectivity index (χ1v) is 4.71. The van der Waals surface area contributed by atoms with E-state index in [2.05, 4.69) is 25.9 Å². The van der Waals surface area contributed by atoms with E-state index >= 15 is 0 Å². The van der Waals surface area contributed by atoms with Crippen LogP contribution in [-0.4, -0.2) is 30.3 Å². The van der Waals surface area contributed by atoms with Gasteiger partial charge in [0.25, 0.3) is 0 Å². The highest BCUT2D eigenvalue weighted by atomic mass is 79.9. The van der Waals surface area contributed by atoms with Crippen molar-refractivity contribution in [1.82, 2.24) is 9.88 Å². The van der Waals surface area contributed by atoms with Crippen LogP contribution in [0.3, 0.4) is 0 Å². The standard InChI is InChI=1S/C9H12BrN3/c1-7-4-8(10)5-11-9(7)12-6-13(2)3/h4-6H,1-3H3. The largest absolute Gasteiger partial charge is 0.369 e. The lowest BCUT2D eigenvalue weighted by atomic mass is 10.3. The minimum absolute atomic E-state index is 0.761. The van der Waals surface area contributed by atoms with Gasteiger partial charge in [-0.3, -0.25) is 0 Å². The molecule has 1 heterocycles. The van der Waals surface area contributed by atoms with Crippen molar-refractivity contribution < 1.29 is 0 Å². The predicted molar refractivity (Wildman–Crippen MR) is 58.5 cm³/mol. The minimum Gasteiger partial charge on any atom is -0.369 e. The van der Waals surface area contributed by atoms with E-state index < -0.39 is 0 Å². The van der Waals surface area contributed by atoms with Crippen molar-refractivity contribution in [2.75, 3.05) is 14.1 Å². The van der Waals surface area contributed by atoms with Crippen molar-refractivity contribution >= 4 is 28.1 Å². The molecule has 0 saturated heterocycles. The molecule has 0 aliphatic carbocycles. The molecule has 0 radical (unpaired) electrons. The van der Waals surface area contributed by atoms with E-state index in [1.165, 1.54) is 0 Å². The normalized spacial score (nSPS) is 10.8. The van der Waals surface area contributed by atoms with Gasteiger partial charge in [-0.1, -0.05) is 0 Å². The van der Waals surface area contributed by atoms with Gasteiger partial charge in [0.15, 0.2) is 5.82 Å². The van der Waals surface area contributed by atoms with Crippen molar-refractivity contribution in [3.05, 3.63) is 22.3 Å². The zero-order valence-corrected chi connectivity index (χ0v) is 9.54. The molecular weight excluding hydrogens is 230 g/mol. The van der Waals surface area contributed by atoms with E-state index in [0.717, 1.165) is 15.9 Å². The molecule has 1 rings (SSSR count). The Kier molecular flexibility index (Phi) is 3.42. The summed E-state index contributed by atoms with van der Waals surface area (Å²) in [7, 11) is 3.86. The number of nitrogens with zero attached hydrogens (tertiary/aromatic N) is 3. The molecular formula is C9H12BrN3. The molecule has 0 saturated carbocycles. The summed E-state index contributed by atoms with van der Waals surface area (Å²) in [5.74, 6) is 0.761. The molecule has 1 aromatic heterocycles. The fourth-order valence-corrected chi connectivity index (χ4v) is 1.28. The van der Waals surface area contributed by atoms with Crippen LogP contribution in [0.25, 0.3) is 0 Å². The van der Waals surface area contributed by atoms with E-state index in [0.29, 0.717) is 0 Å². The number of pyridine rings is 1. The lowest BCUT2D eigenvalue weighted by molar-refractivity contribution is 0.643. The van der Waals surface area contributed by atoms with Crippen LogP contribution in [-0.2, 0) is 0 Å². The SMILES string of the molecule is Cc1cc(Br)cnc1N=CN(C)C.